The van der Waals surface area contributed by atoms with Crippen molar-refractivity contribution in [3.63, 3.8) is 0 Å². The molecule has 0 bridgehead atoms. The predicted molar refractivity (Wildman–Crippen MR) is 81.2 cm³/mol. The van der Waals surface area contributed by atoms with Gasteiger partial charge in [-0.3, -0.25) is 0 Å². The second kappa shape index (κ2) is 12.4. The molecule has 110 valence electrons. The van der Waals surface area contributed by atoms with Gasteiger partial charge in [0.25, 0.3) is 0 Å². The number of hydrogen-bond acceptors (Lipinski definition) is 2. The molecular weight excluding hydrogens is 236 g/mol. The van der Waals surface area contributed by atoms with Gasteiger partial charge in [0.1, 0.15) is 0 Å². The molecule has 1 fully saturated rings. The highest BCUT2D eigenvalue weighted by atomic mass is 16.7. The highest BCUT2D eigenvalue weighted by Crippen LogP contribution is 2.14. The van der Waals surface area contributed by atoms with Gasteiger partial charge in [0.15, 0.2) is 6.29 Å². The summed E-state index contributed by atoms with van der Waals surface area (Å²) in [4.78, 5) is 0. The Kier molecular flexibility index (Phi) is 10.8. The van der Waals surface area contributed by atoms with E-state index in [0.29, 0.717) is 0 Å². The molecule has 1 heterocycles. The highest BCUT2D eigenvalue weighted by molar-refractivity contribution is 5.00. The van der Waals surface area contributed by atoms with Gasteiger partial charge >= 0.3 is 0 Å². The lowest BCUT2D eigenvalue weighted by molar-refractivity contribution is -0.162. The van der Waals surface area contributed by atoms with Gasteiger partial charge in [-0.15, -0.1) is 0 Å². The summed E-state index contributed by atoms with van der Waals surface area (Å²) < 4.78 is 11.2. The summed E-state index contributed by atoms with van der Waals surface area (Å²) in [5.41, 5.74) is 0. The van der Waals surface area contributed by atoms with Gasteiger partial charge in [-0.25, -0.2) is 0 Å². The standard InChI is InChI=1S/C17H30O2/c1-2-3-4-5-6-7-8-9-10-12-15-18-17-14-11-13-16-19-17/h2-5,17H,6-16H2,1H3/b3-2+,5-4+. The van der Waals surface area contributed by atoms with Crippen molar-refractivity contribution in [3.05, 3.63) is 24.3 Å². The molecule has 0 aromatic rings. The summed E-state index contributed by atoms with van der Waals surface area (Å²) >= 11 is 0. The molecular formula is C17H30O2. The third-order valence-electron chi connectivity index (χ3n) is 3.40. The molecule has 1 saturated heterocycles. The Hall–Kier alpha value is -0.600. The Labute approximate surface area is 118 Å². The van der Waals surface area contributed by atoms with Crippen LogP contribution in [0.3, 0.4) is 0 Å². The van der Waals surface area contributed by atoms with E-state index in [2.05, 4.69) is 24.3 Å². The van der Waals surface area contributed by atoms with Crippen LogP contribution < -0.4 is 0 Å². The van der Waals surface area contributed by atoms with Crippen LogP contribution >= 0.6 is 0 Å². The maximum atomic E-state index is 5.71. The van der Waals surface area contributed by atoms with Crippen molar-refractivity contribution in [1.29, 1.82) is 0 Å². The quantitative estimate of drug-likeness (QED) is 0.409. The van der Waals surface area contributed by atoms with E-state index >= 15 is 0 Å². The van der Waals surface area contributed by atoms with Crippen LogP contribution in [0.15, 0.2) is 24.3 Å². The van der Waals surface area contributed by atoms with Crippen molar-refractivity contribution in [3.8, 4) is 0 Å². The van der Waals surface area contributed by atoms with Gasteiger partial charge < -0.3 is 9.47 Å². The molecule has 0 saturated carbocycles. The molecule has 19 heavy (non-hydrogen) atoms. The van der Waals surface area contributed by atoms with E-state index in [0.717, 1.165) is 19.6 Å². The van der Waals surface area contributed by atoms with Gasteiger partial charge in [-0.2, -0.15) is 0 Å². The molecule has 2 heteroatoms. The van der Waals surface area contributed by atoms with Crippen LogP contribution in [-0.2, 0) is 9.47 Å². The number of unbranched alkanes of at least 4 members (excludes halogenated alkanes) is 5. The average Bonchev–Trinajstić information content (AvgIpc) is 2.46. The van der Waals surface area contributed by atoms with E-state index in [9.17, 15) is 0 Å². The molecule has 0 spiro atoms. The van der Waals surface area contributed by atoms with E-state index in [1.165, 1.54) is 51.4 Å². The SMILES string of the molecule is C/C=C/C=C/CCCCCCCOC1CCCCO1. The summed E-state index contributed by atoms with van der Waals surface area (Å²) in [5, 5.41) is 0. The van der Waals surface area contributed by atoms with Crippen molar-refractivity contribution >= 4 is 0 Å². The Morgan fingerprint density at radius 2 is 1.89 bits per heavy atom. The van der Waals surface area contributed by atoms with Gasteiger partial charge in [0, 0.05) is 13.2 Å². The van der Waals surface area contributed by atoms with Crippen LogP contribution in [0.2, 0.25) is 0 Å². The molecule has 0 N–H and O–H groups in total. The molecule has 2 nitrogen and oxygen atoms in total. The van der Waals surface area contributed by atoms with Crippen molar-refractivity contribution < 1.29 is 9.47 Å². The first-order valence-corrected chi connectivity index (χ1v) is 7.94. The molecule has 0 radical (unpaired) electrons. The average molecular weight is 266 g/mol. The number of allylic oxidation sites excluding steroid dienone is 4. The fourth-order valence-corrected chi connectivity index (χ4v) is 2.24. The van der Waals surface area contributed by atoms with E-state index in [-0.39, 0.29) is 6.29 Å². The lowest BCUT2D eigenvalue weighted by Crippen LogP contribution is -2.22. The highest BCUT2D eigenvalue weighted by Gasteiger charge is 2.12. The van der Waals surface area contributed by atoms with Crippen LogP contribution in [0.4, 0.5) is 0 Å². The first kappa shape index (κ1) is 16.5. The van der Waals surface area contributed by atoms with Crippen LogP contribution in [-0.4, -0.2) is 19.5 Å². The first-order chi connectivity index (χ1) is 9.43. The molecule has 0 aromatic carbocycles. The zero-order valence-corrected chi connectivity index (χ0v) is 12.5. The van der Waals surface area contributed by atoms with Crippen LogP contribution in [0.25, 0.3) is 0 Å². The van der Waals surface area contributed by atoms with Crippen molar-refractivity contribution in [2.24, 2.45) is 0 Å². The van der Waals surface area contributed by atoms with Crippen molar-refractivity contribution in [2.75, 3.05) is 13.2 Å². The van der Waals surface area contributed by atoms with Gasteiger partial charge in [-0.1, -0.05) is 43.6 Å². The van der Waals surface area contributed by atoms with Crippen molar-refractivity contribution in [1.82, 2.24) is 0 Å². The first-order valence-electron chi connectivity index (χ1n) is 7.94. The van der Waals surface area contributed by atoms with E-state index in [1.54, 1.807) is 0 Å². The maximum Gasteiger partial charge on any atom is 0.157 e. The number of rotatable bonds is 10. The second-order valence-corrected chi connectivity index (χ2v) is 5.18. The monoisotopic (exact) mass is 266 g/mol. The molecule has 0 aliphatic carbocycles. The molecule has 1 aliphatic heterocycles. The number of ether oxygens (including phenoxy) is 2. The minimum atomic E-state index is 0.0884. The Morgan fingerprint density at radius 3 is 2.68 bits per heavy atom. The Balaban J connectivity index is 1.78. The van der Waals surface area contributed by atoms with Gasteiger partial charge in [-0.05, 0) is 45.4 Å². The summed E-state index contributed by atoms with van der Waals surface area (Å²) in [6.45, 7) is 3.79. The van der Waals surface area contributed by atoms with Crippen LogP contribution in [0.5, 0.6) is 0 Å². The van der Waals surface area contributed by atoms with Crippen LogP contribution in [0, 0.1) is 0 Å². The normalized spacial score (nSPS) is 20.6. The predicted octanol–water partition coefficient (Wildman–Crippen LogP) is 5.00. The smallest absolute Gasteiger partial charge is 0.157 e. The Morgan fingerprint density at radius 1 is 1.05 bits per heavy atom. The summed E-state index contributed by atoms with van der Waals surface area (Å²) in [6, 6.07) is 0. The summed E-state index contributed by atoms with van der Waals surface area (Å²) in [6.07, 6.45) is 19.8. The lowest BCUT2D eigenvalue weighted by atomic mass is 10.1. The van der Waals surface area contributed by atoms with E-state index < -0.39 is 0 Å². The second-order valence-electron chi connectivity index (χ2n) is 5.18. The summed E-state index contributed by atoms with van der Waals surface area (Å²) in [5.74, 6) is 0. The summed E-state index contributed by atoms with van der Waals surface area (Å²) in [7, 11) is 0. The van der Waals surface area contributed by atoms with E-state index in [4.69, 9.17) is 9.47 Å². The topological polar surface area (TPSA) is 18.5 Å². The minimum Gasteiger partial charge on any atom is -0.353 e. The molecule has 1 atom stereocenters. The molecule has 1 rings (SSSR count). The molecule has 0 amide bonds. The van der Waals surface area contributed by atoms with Crippen LogP contribution in [0.1, 0.15) is 64.7 Å². The fraction of sp³-hybridized carbons (Fsp3) is 0.765. The third-order valence-corrected chi connectivity index (χ3v) is 3.40. The van der Waals surface area contributed by atoms with Crippen molar-refractivity contribution in [2.45, 2.75) is 71.0 Å². The van der Waals surface area contributed by atoms with E-state index in [1.807, 2.05) is 6.92 Å². The lowest BCUT2D eigenvalue weighted by Gasteiger charge is -2.22. The zero-order chi connectivity index (χ0) is 13.6. The maximum absolute atomic E-state index is 5.71. The fourth-order valence-electron chi connectivity index (χ4n) is 2.24. The third kappa shape index (κ3) is 9.92. The van der Waals surface area contributed by atoms with Gasteiger partial charge in [0.05, 0.1) is 0 Å². The minimum absolute atomic E-state index is 0.0884. The zero-order valence-electron chi connectivity index (χ0n) is 12.5. The molecule has 1 aliphatic rings. The molecule has 1 unspecified atom stereocenters. The molecule has 0 aromatic heterocycles. The largest absolute Gasteiger partial charge is 0.353 e. The van der Waals surface area contributed by atoms with Gasteiger partial charge in [0.2, 0.25) is 0 Å². The Bertz CT molecular complexity index is 240. The number of hydrogen-bond donors (Lipinski definition) is 0.